The summed E-state index contributed by atoms with van der Waals surface area (Å²) in [6, 6.07) is 5.44. The number of hydrogen-bond acceptors (Lipinski definition) is 5. The molecular weight excluding hydrogens is 206 g/mol. The molecule has 0 atom stereocenters. The van der Waals surface area contributed by atoms with Gasteiger partial charge in [-0.25, -0.2) is 10.8 Å². The van der Waals surface area contributed by atoms with Crippen LogP contribution in [0.4, 0.5) is 11.6 Å². The van der Waals surface area contributed by atoms with E-state index in [1.807, 2.05) is 13.8 Å². The first-order chi connectivity index (χ1) is 7.61. The summed E-state index contributed by atoms with van der Waals surface area (Å²) in [4.78, 5) is 15.5. The SMILES string of the molecule is CC(C)NC(=O)CNc1cccc(NN)n1. The Morgan fingerprint density at radius 3 is 2.75 bits per heavy atom. The molecule has 0 fully saturated rings. The zero-order valence-electron chi connectivity index (χ0n) is 9.45. The van der Waals surface area contributed by atoms with Crippen LogP contribution in [0, 0.1) is 0 Å². The lowest BCUT2D eigenvalue weighted by Gasteiger charge is -2.10. The number of carbonyl (C=O) groups excluding carboxylic acids is 1. The molecule has 0 spiro atoms. The van der Waals surface area contributed by atoms with E-state index in [9.17, 15) is 4.79 Å². The van der Waals surface area contributed by atoms with Gasteiger partial charge in [0.2, 0.25) is 5.91 Å². The van der Waals surface area contributed by atoms with Gasteiger partial charge in [-0.05, 0) is 26.0 Å². The van der Waals surface area contributed by atoms with E-state index >= 15 is 0 Å². The van der Waals surface area contributed by atoms with Gasteiger partial charge in [0.05, 0.1) is 6.54 Å². The number of rotatable bonds is 5. The zero-order valence-corrected chi connectivity index (χ0v) is 9.45. The van der Waals surface area contributed by atoms with Crippen LogP contribution in [-0.2, 0) is 4.79 Å². The Morgan fingerprint density at radius 2 is 2.12 bits per heavy atom. The number of nitrogens with zero attached hydrogens (tertiary/aromatic N) is 1. The number of aromatic nitrogens is 1. The van der Waals surface area contributed by atoms with Gasteiger partial charge in [-0.3, -0.25) is 4.79 Å². The number of nitrogens with two attached hydrogens (primary N) is 1. The molecule has 0 unspecified atom stereocenters. The van der Waals surface area contributed by atoms with Crippen molar-refractivity contribution in [1.29, 1.82) is 0 Å². The summed E-state index contributed by atoms with van der Waals surface area (Å²) in [7, 11) is 0. The summed E-state index contributed by atoms with van der Waals surface area (Å²) in [5, 5.41) is 5.68. The monoisotopic (exact) mass is 223 g/mol. The number of hydrogen-bond donors (Lipinski definition) is 4. The van der Waals surface area contributed by atoms with Gasteiger partial charge in [0.25, 0.3) is 0 Å². The third-order valence-corrected chi connectivity index (χ3v) is 1.78. The molecule has 1 rings (SSSR count). The summed E-state index contributed by atoms with van der Waals surface area (Å²) >= 11 is 0. The molecule has 0 radical (unpaired) electrons. The van der Waals surface area contributed by atoms with Crippen LogP contribution in [0.2, 0.25) is 0 Å². The maximum Gasteiger partial charge on any atom is 0.239 e. The van der Waals surface area contributed by atoms with Crippen LogP contribution in [0.25, 0.3) is 0 Å². The quantitative estimate of drug-likeness (QED) is 0.426. The highest BCUT2D eigenvalue weighted by atomic mass is 16.1. The zero-order chi connectivity index (χ0) is 12.0. The Hall–Kier alpha value is -1.82. The molecule has 0 aromatic carbocycles. The lowest BCUT2D eigenvalue weighted by Crippen LogP contribution is -2.34. The first-order valence-electron chi connectivity index (χ1n) is 5.08. The van der Waals surface area contributed by atoms with Crippen molar-refractivity contribution in [3.63, 3.8) is 0 Å². The highest BCUT2D eigenvalue weighted by molar-refractivity contribution is 5.80. The minimum absolute atomic E-state index is 0.0667. The number of anilines is 2. The van der Waals surface area contributed by atoms with Crippen molar-refractivity contribution in [2.75, 3.05) is 17.3 Å². The Kier molecular flexibility index (Phi) is 4.53. The van der Waals surface area contributed by atoms with Crippen LogP contribution < -0.4 is 21.9 Å². The van der Waals surface area contributed by atoms with Crippen molar-refractivity contribution in [3.05, 3.63) is 18.2 Å². The fourth-order valence-electron chi connectivity index (χ4n) is 1.16. The van der Waals surface area contributed by atoms with Crippen LogP contribution in [0.15, 0.2) is 18.2 Å². The van der Waals surface area contributed by atoms with Crippen molar-refractivity contribution >= 4 is 17.5 Å². The van der Waals surface area contributed by atoms with E-state index in [2.05, 4.69) is 21.0 Å². The summed E-state index contributed by atoms with van der Waals surface area (Å²) in [5.41, 5.74) is 2.44. The number of amides is 1. The molecule has 0 saturated carbocycles. The Labute approximate surface area is 94.6 Å². The molecule has 1 aromatic rings. The Morgan fingerprint density at radius 1 is 1.44 bits per heavy atom. The predicted octanol–water partition coefficient (Wildman–Crippen LogP) is 0.304. The van der Waals surface area contributed by atoms with Crippen molar-refractivity contribution in [1.82, 2.24) is 10.3 Å². The standard InChI is InChI=1S/C10H17N5O/c1-7(2)13-10(16)6-12-8-4-3-5-9(14-8)15-11/h3-5,7H,6,11H2,1-2H3,(H,13,16)(H2,12,14,15). The van der Waals surface area contributed by atoms with Crippen molar-refractivity contribution in [2.24, 2.45) is 5.84 Å². The molecular formula is C10H17N5O. The summed E-state index contributed by atoms with van der Waals surface area (Å²) < 4.78 is 0. The third kappa shape index (κ3) is 4.14. The number of nitrogen functional groups attached to an aromatic ring is 1. The first kappa shape index (κ1) is 12.3. The Balaban J connectivity index is 2.45. The van der Waals surface area contributed by atoms with Gasteiger partial charge in [-0.15, -0.1) is 0 Å². The van der Waals surface area contributed by atoms with Gasteiger partial charge < -0.3 is 16.1 Å². The molecule has 0 aliphatic heterocycles. The fraction of sp³-hybridized carbons (Fsp3) is 0.400. The first-order valence-corrected chi connectivity index (χ1v) is 5.08. The Bertz CT molecular complexity index is 353. The van der Waals surface area contributed by atoms with Crippen molar-refractivity contribution in [2.45, 2.75) is 19.9 Å². The maximum absolute atomic E-state index is 11.3. The minimum Gasteiger partial charge on any atom is -0.361 e. The predicted molar refractivity (Wildman–Crippen MR) is 63.8 cm³/mol. The fourth-order valence-corrected chi connectivity index (χ4v) is 1.16. The van der Waals surface area contributed by atoms with E-state index in [-0.39, 0.29) is 18.5 Å². The normalized spacial score (nSPS) is 10.0. The van der Waals surface area contributed by atoms with E-state index < -0.39 is 0 Å². The van der Waals surface area contributed by atoms with Crippen molar-refractivity contribution < 1.29 is 4.79 Å². The molecule has 0 bridgehead atoms. The molecule has 0 saturated heterocycles. The molecule has 1 amide bonds. The second-order valence-electron chi connectivity index (χ2n) is 3.63. The highest BCUT2D eigenvalue weighted by Crippen LogP contribution is 2.06. The van der Waals surface area contributed by atoms with E-state index in [0.29, 0.717) is 11.6 Å². The molecule has 0 aliphatic carbocycles. The van der Waals surface area contributed by atoms with Crippen LogP contribution >= 0.6 is 0 Å². The van der Waals surface area contributed by atoms with E-state index in [1.165, 1.54) is 0 Å². The second-order valence-corrected chi connectivity index (χ2v) is 3.63. The number of nitrogens with one attached hydrogen (secondary N) is 3. The smallest absolute Gasteiger partial charge is 0.239 e. The molecule has 16 heavy (non-hydrogen) atoms. The van der Waals surface area contributed by atoms with E-state index in [4.69, 9.17) is 5.84 Å². The average molecular weight is 223 g/mol. The van der Waals surface area contributed by atoms with Crippen LogP contribution in [0.5, 0.6) is 0 Å². The van der Waals surface area contributed by atoms with Crippen LogP contribution in [-0.4, -0.2) is 23.5 Å². The maximum atomic E-state index is 11.3. The molecule has 1 aromatic heterocycles. The minimum atomic E-state index is -0.0667. The molecule has 6 nitrogen and oxygen atoms in total. The highest BCUT2D eigenvalue weighted by Gasteiger charge is 2.03. The largest absolute Gasteiger partial charge is 0.361 e. The lowest BCUT2D eigenvalue weighted by molar-refractivity contribution is -0.119. The molecule has 6 heteroatoms. The summed E-state index contributed by atoms with van der Waals surface area (Å²) in [6.45, 7) is 4.02. The second kappa shape index (κ2) is 5.92. The summed E-state index contributed by atoms with van der Waals surface area (Å²) in [5.74, 6) is 6.31. The summed E-state index contributed by atoms with van der Waals surface area (Å²) in [6.07, 6.45) is 0. The average Bonchev–Trinajstić information content (AvgIpc) is 2.26. The van der Waals surface area contributed by atoms with Crippen LogP contribution in [0.3, 0.4) is 0 Å². The third-order valence-electron chi connectivity index (χ3n) is 1.78. The molecule has 5 N–H and O–H groups in total. The van der Waals surface area contributed by atoms with Gasteiger partial charge in [0, 0.05) is 6.04 Å². The lowest BCUT2D eigenvalue weighted by atomic mass is 10.4. The molecule has 88 valence electrons. The van der Waals surface area contributed by atoms with E-state index in [1.54, 1.807) is 18.2 Å². The van der Waals surface area contributed by atoms with Gasteiger partial charge in [-0.1, -0.05) is 6.07 Å². The van der Waals surface area contributed by atoms with Gasteiger partial charge in [0.1, 0.15) is 11.6 Å². The topological polar surface area (TPSA) is 92.1 Å². The number of carbonyl (C=O) groups is 1. The van der Waals surface area contributed by atoms with Gasteiger partial charge >= 0.3 is 0 Å². The molecule has 1 heterocycles. The number of pyridine rings is 1. The number of hydrazine groups is 1. The molecule has 0 aliphatic rings. The van der Waals surface area contributed by atoms with Crippen molar-refractivity contribution in [3.8, 4) is 0 Å². The van der Waals surface area contributed by atoms with E-state index in [0.717, 1.165) is 0 Å². The van der Waals surface area contributed by atoms with Gasteiger partial charge in [0.15, 0.2) is 0 Å². The van der Waals surface area contributed by atoms with Gasteiger partial charge in [-0.2, -0.15) is 0 Å². The van der Waals surface area contributed by atoms with Crippen LogP contribution in [0.1, 0.15) is 13.8 Å².